The Balaban J connectivity index is 2.02. The lowest BCUT2D eigenvalue weighted by Crippen LogP contribution is -2.46. The molecule has 18 heavy (non-hydrogen) atoms. The van der Waals surface area contributed by atoms with Gasteiger partial charge >= 0.3 is 0 Å². The maximum Gasteiger partial charge on any atom is 0.0777 e. The van der Waals surface area contributed by atoms with Crippen molar-refractivity contribution >= 4 is 21.6 Å². The monoisotopic (exact) mass is 312 g/mol. The quantitative estimate of drug-likeness (QED) is 0.872. The number of anilines is 1. The molecule has 1 aromatic carbocycles. The van der Waals surface area contributed by atoms with Crippen LogP contribution >= 0.6 is 15.9 Å². The van der Waals surface area contributed by atoms with Crippen LogP contribution in [0.2, 0.25) is 0 Å². The number of ether oxygens (including phenoxy) is 1. The topological polar surface area (TPSA) is 38.5 Å². The van der Waals surface area contributed by atoms with Crippen LogP contribution in [-0.2, 0) is 11.3 Å². The summed E-state index contributed by atoms with van der Waals surface area (Å²) in [5.74, 6) is 0. The van der Waals surface area contributed by atoms with Crippen molar-refractivity contribution < 1.29 is 4.74 Å². The molecular weight excluding hydrogens is 292 g/mol. The van der Waals surface area contributed by atoms with Crippen LogP contribution in [0.15, 0.2) is 22.7 Å². The summed E-state index contributed by atoms with van der Waals surface area (Å²) in [6, 6.07) is 6.19. The van der Waals surface area contributed by atoms with Gasteiger partial charge in [-0.2, -0.15) is 0 Å². The van der Waals surface area contributed by atoms with Gasteiger partial charge in [0, 0.05) is 30.4 Å². The first-order valence-electron chi connectivity index (χ1n) is 6.34. The predicted octanol–water partition coefficient (Wildman–Crippen LogP) is 3.03. The number of methoxy groups -OCH3 is 1. The highest BCUT2D eigenvalue weighted by Gasteiger charge is 2.30. The van der Waals surface area contributed by atoms with E-state index in [9.17, 15) is 0 Å². The number of piperidine rings is 1. The number of nitrogen functional groups attached to an aromatic ring is 1. The lowest BCUT2D eigenvalue weighted by molar-refractivity contribution is -0.0526. The third-order valence-corrected chi connectivity index (χ3v) is 4.42. The Kier molecular flexibility index (Phi) is 4.30. The number of rotatable bonds is 3. The Morgan fingerprint density at radius 1 is 1.50 bits per heavy atom. The summed E-state index contributed by atoms with van der Waals surface area (Å²) in [5.41, 5.74) is 7.98. The minimum Gasteiger partial charge on any atom is -0.398 e. The zero-order valence-electron chi connectivity index (χ0n) is 11.1. The van der Waals surface area contributed by atoms with Gasteiger partial charge in [0.05, 0.1) is 5.60 Å². The second-order valence-electron chi connectivity index (χ2n) is 5.32. The van der Waals surface area contributed by atoms with E-state index in [2.05, 4.69) is 33.8 Å². The van der Waals surface area contributed by atoms with Crippen molar-refractivity contribution in [2.75, 3.05) is 25.9 Å². The molecule has 1 fully saturated rings. The number of benzene rings is 1. The average molecular weight is 313 g/mol. The molecule has 0 bridgehead atoms. The number of hydrogen-bond donors (Lipinski definition) is 1. The Morgan fingerprint density at radius 2 is 2.28 bits per heavy atom. The molecule has 0 radical (unpaired) electrons. The van der Waals surface area contributed by atoms with E-state index >= 15 is 0 Å². The number of halogens is 1. The van der Waals surface area contributed by atoms with Crippen LogP contribution in [-0.4, -0.2) is 30.7 Å². The molecule has 0 spiro atoms. The minimum absolute atomic E-state index is 0.000835. The van der Waals surface area contributed by atoms with Crippen molar-refractivity contribution in [3.63, 3.8) is 0 Å². The van der Waals surface area contributed by atoms with Gasteiger partial charge in [-0.05, 0) is 59.9 Å². The van der Waals surface area contributed by atoms with E-state index in [0.29, 0.717) is 0 Å². The predicted molar refractivity (Wildman–Crippen MR) is 78.5 cm³/mol. The highest BCUT2D eigenvalue weighted by molar-refractivity contribution is 9.10. The molecule has 1 aliphatic heterocycles. The molecule has 1 unspecified atom stereocenters. The van der Waals surface area contributed by atoms with Crippen LogP contribution in [0.1, 0.15) is 25.3 Å². The zero-order valence-corrected chi connectivity index (χ0v) is 12.7. The summed E-state index contributed by atoms with van der Waals surface area (Å²) in [6.45, 7) is 5.25. The van der Waals surface area contributed by atoms with E-state index in [1.807, 2.05) is 12.1 Å². The second kappa shape index (κ2) is 5.59. The number of nitrogens with zero attached hydrogens (tertiary/aromatic N) is 1. The van der Waals surface area contributed by atoms with E-state index in [4.69, 9.17) is 10.5 Å². The van der Waals surface area contributed by atoms with Gasteiger partial charge in [0.1, 0.15) is 0 Å². The first kappa shape index (κ1) is 13.8. The van der Waals surface area contributed by atoms with Crippen molar-refractivity contribution in [1.82, 2.24) is 4.90 Å². The van der Waals surface area contributed by atoms with Crippen molar-refractivity contribution in [2.24, 2.45) is 0 Å². The molecule has 0 aromatic heterocycles. The van der Waals surface area contributed by atoms with Crippen LogP contribution in [0.25, 0.3) is 0 Å². The summed E-state index contributed by atoms with van der Waals surface area (Å²) in [4.78, 5) is 2.44. The molecule has 1 saturated heterocycles. The van der Waals surface area contributed by atoms with Gasteiger partial charge in [0.25, 0.3) is 0 Å². The Bertz CT molecular complexity index is 424. The number of hydrogen-bond acceptors (Lipinski definition) is 3. The maximum atomic E-state index is 5.92. The van der Waals surface area contributed by atoms with Gasteiger partial charge < -0.3 is 10.5 Å². The van der Waals surface area contributed by atoms with Crippen molar-refractivity contribution in [1.29, 1.82) is 0 Å². The van der Waals surface area contributed by atoms with E-state index in [-0.39, 0.29) is 5.60 Å². The second-order valence-corrected chi connectivity index (χ2v) is 6.18. The first-order valence-corrected chi connectivity index (χ1v) is 7.13. The molecule has 1 heterocycles. The number of nitrogens with two attached hydrogens (primary N) is 1. The van der Waals surface area contributed by atoms with Crippen LogP contribution in [0.3, 0.4) is 0 Å². The molecule has 2 rings (SSSR count). The lowest BCUT2D eigenvalue weighted by Gasteiger charge is -2.39. The zero-order chi connectivity index (χ0) is 13.2. The van der Waals surface area contributed by atoms with Crippen LogP contribution in [0.4, 0.5) is 5.69 Å². The summed E-state index contributed by atoms with van der Waals surface area (Å²) in [5, 5.41) is 0. The molecule has 0 amide bonds. The molecule has 3 nitrogen and oxygen atoms in total. The Morgan fingerprint density at radius 3 is 2.94 bits per heavy atom. The van der Waals surface area contributed by atoms with Crippen LogP contribution in [0, 0.1) is 0 Å². The number of likely N-dealkylation sites (tertiary alicyclic amines) is 1. The van der Waals surface area contributed by atoms with Crippen molar-refractivity contribution in [3.05, 3.63) is 28.2 Å². The fourth-order valence-corrected chi connectivity index (χ4v) is 2.81. The first-order chi connectivity index (χ1) is 8.52. The smallest absolute Gasteiger partial charge is 0.0777 e. The SMILES string of the molecule is COC1(C)CCCN(Cc2ccc(Br)c(N)c2)C1. The molecule has 2 N–H and O–H groups in total. The average Bonchev–Trinajstić information content (AvgIpc) is 2.34. The van der Waals surface area contributed by atoms with E-state index in [0.717, 1.165) is 36.2 Å². The highest BCUT2D eigenvalue weighted by atomic mass is 79.9. The van der Waals surface area contributed by atoms with E-state index in [1.165, 1.54) is 12.0 Å². The van der Waals surface area contributed by atoms with Gasteiger partial charge in [-0.15, -0.1) is 0 Å². The molecule has 1 aromatic rings. The van der Waals surface area contributed by atoms with Gasteiger partial charge in [0.2, 0.25) is 0 Å². The largest absolute Gasteiger partial charge is 0.398 e. The van der Waals surface area contributed by atoms with Gasteiger partial charge in [-0.1, -0.05) is 6.07 Å². The third kappa shape index (κ3) is 3.25. The van der Waals surface area contributed by atoms with E-state index < -0.39 is 0 Å². The highest BCUT2D eigenvalue weighted by Crippen LogP contribution is 2.26. The fraction of sp³-hybridized carbons (Fsp3) is 0.571. The molecule has 0 aliphatic carbocycles. The molecule has 1 atom stereocenters. The molecule has 1 aliphatic rings. The summed E-state index contributed by atoms with van der Waals surface area (Å²) < 4.78 is 6.58. The molecular formula is C14H21BrN2O. The molecule has 0 saturated carbocycles. The fourth-order valence-electron chi connectivity index (χ4n) is 2.56. The lowest BCUT2D eigenvalue weighted by atomic mass is 9.94. The summed E-state index contributed by atoms with van der Waals surface area (Å²) in [6.07, 6.45) is 2.33. The van der Waals surface area contributed by atoms with Crippen LogP contribution < -0.4 is 5.73 Å². The summed E-state index contributed by atoms with van der Waals surface area (Å²) in [7, 11) is 1.81. The van der Waals surface area contributed by atoms with Crippen molar-refractivity contribution in [2.45, 2.75) is 31.9 Å². The van der Waals surface area contributed by atoms with Crippen LogP contribution in [0.5, 0.6) is 0 Å². The standard InChI is InChI=1S/C14H21BrN2O/c1-14(18-2)6-3-7-17(10-14)9-11-4-5-12(15)13(16)8-11/h4-5,8H,3,6-7,9-10,16H2,1-2H3. The van der Waals surface area contributed by atoms with E-state index in [1.54, 1.807) is 7.11 Å². The Hall–Kier alpha value is -0.580. The molecule has 100 valence electrons. The van der Waals surface area contributed by atoms with Gasteiger partial charge in [-0.3, -0.25) is 4.90 Å². The minimum atomic E-state index is -0.000835. The Labute approximate surface area is 117 Å². The van der Waals surface area contributed by atoms with Crippen molar-refractivity contribution in [3.8, 4) is 0 Å². The maximum absolute atomic E-state index is 5.92. The molecule has 4 heteroatoms. The third-order valence-electron chi connectivity index (χ3n) is 3.70. The van der Waals surface area contributed by atoms with Gasteiger partial charge in [-0.25, -0.2) is 0 Å². The normalized spacial score (nSPS) is 25.3. The summed E-state index contributed by atoms with van der Waals surface area (Å²) >= 11 is 3.43. The van der Waals surface area contributed by atoms with Gasteiger partial charge in [0.15, 0.2) is 0 Å².